The number of aromatic nitrogens is 3. The predicted molar refractivity (Wildman–Crippen MR) is 114 cm³/mol. The molecule has 3 aromatic heterocycles. The molecule has 2 fully saturated rings. The van der Waals surface area contributed by atoms with E-state index >= 15 is 0 Å². The zero-order chi connectivity index (χ0) is 23.2. The number of carbonyl (C=O) groups is 1. The van der Waals surface area contributed by atoms with Crippen molar-refractivity contribution in [3.05, 3.63) is 42.0 Å². The van der Waals surface area contributed by atoms with Gasteiger partial charge in [-0.2, -0.15) is 5.26 Å². The second kappa shape index (κ2) is 8.06. The van der Waals surface area contributed by atoms with E-state index < -0.39 is 22.9 Å². The van der Waals surface area contributed by atoms with E-state index in [2.05, 4.69) is 31.7 Å². The van der Waals surface area contributed by atoms with E-state index in [1.807, 2.05) is 0 Å². The molecule has 2 atom stereocenters. The van der Waals surface area contributed by atoms with Gasteiger partial charge in [-0.25, -0.2) is 23.1 Å². The lowest BCUT2D eigenvalue weighted by Gasteiger charge is -2.31. The second-order valence-corrected chi connectivity index (χ2v) is 8.77. The van der Waals surface area contributed by atoms with Gasteiger partial charge in [0.1, 0.15) is 22.6 Å². The van der Waals surface area contributed by atoms with Crippen LogP contribution in [0.3, 0.4) is 0 Å². The van der Waals surface area contributed by atoms with E-state index in [1.54, 1.807) is 0 Å². The van der Waals surface area contributed by atoms with Crippen molar-refractivity contribution in [1.82, 2.24) is 20.3 Å². The summed E-state index contributed by atoms with van der Waals surface area (Å²) in [7, 11) is 0. The third-order valence-corrected chi connectivity index (χ3v) is 6.43. The van der Waals surface area contributed by atoms with Gasteiger partial charge in [-0.1, -0.05) is 0 Å². The van der Waals surface area contributed by atoms with Crippen molar-refractivity contribution in [3.63, 3.8) is 0 Å². The fourth-order valence-corrected chi connectivity index (χ4v) is 4.41. The van der Waals surface area contributed by atoms with Gasteiger partial charge >= 0.3 is 0 Å². The Labute approximate surface area is 187 Å². The van der Waals surface area contributed by atoms with Crippen LogP contribution in [0.5, 0.6) is 0 Å². The summed E-state index contributed by atoms with van der Waals surface area (Å²) in [5, 5.41) is 15.5. The second-order valence-electron chi connectivity index (χ2n) is 8.77. The van der Waals surface area contributed by atoms with Crippen molar-refractivity contribution in [2.24, 2.45) is 5.41 Å². The molecule has 170 valence electrons. The molecule has 3 N–H and O–H groups in total. The van der Waals surface area contributed by atoms with Crippen LogP contribution in [0.15, 0.2) is 24.5 Å². The number of hydrogen-bond donors (Lipinski definition) is 3. The number of fused-ring (bicyclic) bond motifs is 1. The van der Waals surface area contributed by atoms with Crippen LogP contribution in [0.25, 0.3) is 22.3 Å². The number of anilines is 1. The minimum atomic E-state index is -0.895. The Kier molecular flexibility index (Phi) is 5.19. The number of aromatic amines is 1. The van der Waals surface area contributed by atoms with Crippen LogP contribution in [0.1, 0.15) is 38.5 Å². The fourth-order valence-electron chi connectivity index (χ4n) is 4.41. The van der Waals surface area contributed by atoms with E-state index in [4.69, 9.17) is 0 Å². The molecule has 3 aromatic rings. The number of nitriles is 1. The topological polar surface area (TPSA) is 106 Å². The number of halogens is 3. The van der Waals surface area contributed by atoms with Gasteiger partial charge in [-0.05, 0) is 44.6 Å². The minimum absolute atomic E-state index is 0.113. The summed E-state index contributed by atoms with van der Waals surface area (Å²) in [5.41, 5.74) is -0.378. The maximum atomic E-state index is 14.6. The normalized spacial score (nSPS) is 21.4. The molecule has 7 nitrogen and oxygen atoms in total. The van der Waals surface area contributed by atoms with Crippen molar-refractivity contribution < 1.29 is 18.0 Å². The Hall–Kier alpha value is -3.61. The molecule has 2 aliphatic carbocycles. The molecule has 0 spiro atoms. The standard InChI is InChI=1S/C23H21F3N6O/c24-12-6-15-16(10-29-20(15)28-9-12)19-17(25)8-18(26)21(32-19)30-13-2-1-3-14(7-13)31-22(33)23(11-27)4-5-23/h6,8-10,13-14H,1-5,7H2,(H,28,29)(H,30,32)(H,31,33)/t13-,14+/m0/s1. The van der Waals surface area contributed by atoms with Crippen molar-refractivity contribution in [1.29, 1.82) is 5.26 Å². The smallest absolute Gasteiger partial charge is 0.240 e. The van der Waals surface area contributed by atoms with Crippen LogP contribution >= 0.6 is 0 Å². The fraction of sp³-hybridized carbons (Fsp3) is 0.391. The number of nitrogens with zero attached hydrogens (tertiary/aromatic N) is 3. The molecule has 10 heteroatoms. The van der Waals surface area contributed by atoms with Crippen LogP contribution in [0.2, 0.25) is 0 Å². The highest BCUT2D eigenvalue weighted by molar-refractivity contribution is 5.92. The van der Waals surface area contributed by atoms with Crippen LogP contribution in [-0.2, 0) is 4.79 Å². The third kappa shape index (κ3) is 3.99. The monoisotopic (exact) mass is 454 g/mol. The third-order valence-electron chi connectivity index (χ3n) is 6.43. The average molecular weight is 454 g/mol. The van der Waals surface area contributed by atoms with Gasteiger partial charge in [-0.15, -0.1) is 0 Å². The molecule has 0 aliphatic heterocycles. The van der Waals surface area contributed by atoms with Gasteiger partial charge in [0, 0.05) is 35.3 Å². The van der Waals surface area contributed by atoms with E-state index in [9.17, 15) is 23.2 Å². The Morgan fingerprint density at radius 3 is 2.73 bits per heavy atom. The lowest BCUT2D eigenvalue weighted by molar-refractivity contribution is -0.125. The molecule has 5 rings (SSSR count). The van der Waals surface area contributed by atoms with Crippen LogP contribution in [0.4, 0.5) is 19.0 Å². The molecule has 3 heterocycles. The molecule has 0 saturated heterocycles. The number of H-pyrrole nitrogens is 1. The largest absolute Gasteiger partial charge is 0.365 e. The summed E-state index contributed by atoms with van der Waals surface area (Å²) < 4.78 is 42.9. The van der Waals surface area contributed by atoms with E-state index in [0.717, 1.165) is 31.5 Å². The lowest BCUT2D eigenvalue weighted by Crippen LogP contribution is -2.44. The molecule has 2 saturated carbocycles. The van der Waals surface area contributed by atoms with Gasteiger partial charge in [0.2, 0.25) is 5.91 Å². The van der Waals surface area contributed by atoms with Crippen LogP contribution in [0, 0.1) is 34.2 Å². The first-order valence-corrected chi connectivity index (χ1v) is 10.9. The SMILES string of the molecule is N#CC1(C(=O)N[C@@H]2CCC[C@H](Nc3nc(-c4c[nH]c5ncc(F)cc45)c(F)cc3F)C2)CC1. The predicted octanol–water partition coefficient (Wildman–Crippen LogP) is 4.19. The zero-order valence-corrected chi connectivity index (χ0v) is 17.6. The van der Waals surface area contributed by atoms with Crippen molar-refractivity contribution in [3.8, 4) is 17.3 Å². The first kappa shape index (κ1) is 21.2. The molecule has 0 bridgehead atoms. The van der Waals surface area contributed by atoms with Crippen LogP contribution < -0.4 is 10.6 Å². The summed E-state index contributed by atoms with van der Waals surface area (Å²) in [6.45, 7) is 0. The van der Waals surface area contributed by atoms with E-state index in [0.29, 0.717) is 30.3 Å². The quantitative estimate of drug-likeness (QED) is 0.536. The highest BCUT2D eigenvalue weighted by atomic mass is 19.1. The molecular weight excluding hydrogens is 433 g/mol. The van der Waals surface area contributed by atoms with Gasteiger partial charge in [0.15, 0.2) is 17.5 Å². The molecule has 2 aliphatic rings. The number of hydrogen-bond acceptors (Lipinski definition) is 5. The maximum absolute atomic E-state index is 14.6. The summed E-state index contributed by atoms with van der Waals surface area (Å²) in [5.74, 6) is -2.65. The van der Waals surface area contributed by atoms with Crippen molar-refractivity contribution in [2.45, 2.75) is 50.6 Å². The van der Waals surface area contributed by atoms with Gasteiger partial charge in [-0.3, -0.25) is 4.79 Å². The molecule has 33 heavy (non-hydrogen) atoms. The summed E-state index contributed by atoms with van der Waals surface area (Å²) >= 11 is 0. The van der Waals surface area contributed by atoms with Crippen molar-refractivity contribution >= 4 is 22.8 Å². The molecule has 0 radical (unpaired) electrons. The average Bonchev–Trinajstić information content (AvgIpc) is 3.50. The highest BCUT2D eigenvalue weighted by Crippen LogP contribution is 2.45. The van der Waals surface area contributed by atoms with E-state index in [-0.39, 0.29) is 35.1 Å². The molecule has 0 unspecified atom stereocenters. The molecule has 0 aromatic carbocycles. The highest BCUT2D eigenvalue weighted by Gasteiger charge is 2.51. The number of carbonyl (C=O) groups excluding carboxylic acids is 1. The Morgan fingerprint density at radius 2 is 1.97 bits per heavy atom. The summed E-state index contributed by atoms with van der Waals surface area (Å²) in [6.07, 6.45) is 6.47. The van der Waals surface area contributed by atoms with Crippen molar-refractivity contribution in [2.75, 3.05) is 5.32 Å². The Balaban J connectivity index is 1.36. The zero-order valence-electron chi connectivity index (χ0n) is 17.6. The molecule has 1 amide bonds. The first-order chi connectivity index (χ1) is 15.9. The summed E-state index contributed by atoms with van der Waals surface area (Å²) in [6, 6.07) is 3.73. The van der Waals surface area contributed by atoms with Gasteiger partial charge < -0.3 is 15.6 Å². The Bertz CT molecular complexity index is 1280. The first-order valence-electron chi connectivity index (χ1n) is 10.9. The minimum Gasteiger partial charge on any atom is -0.365 e. The molecular formula is C23H21F3N6O. The number of amides is 1. The number of pyridine rings is 2. The summed E-state index contributed by atoms with van der Waals surface area (Å²) in [4.78, 5) is 23.3. The number of nitrogens with one attached hydrogen (secondary N) is 3. The maximum Gasteiger partial charge on any atom is 0.240 e. The number of rotatable bonds is 5. The van der Waals surface area contributed by atoms with Crippen LogP contribution in [-0.4, -0.2) is 32.9 Å². The lowest BCUT2D eigenvalue weighted by atomic mass is 9.90. The van der Waals surface area contributed by atoms with Gasteiger partial charge in [0.25, 0.3) is 0 Å². The van der Waals surface area contributed by atoms with Gasteiger partial charge in [0.05, 0.1) is 12.3 Å². The Morgan fingerprint density at radius 1 is 1.18 bits per heavy atom. The van der Waals surface area contributed by atoms with E-state index in [1.165, 1.54) is 12.3 Å².